The molecule has 0 radical (unpaired) electrons. The lowest BCUT2D eigenvalue weighted by Gasteiger charge is -2.19. The van der Waals surface area contributed by atoms with E-state index in [1.165, 1.54) is 6.07 Å². The maximum Gasteiger partial charge on any atom is 0.412 e. The number of halogens is 2. The van der Waals surface area contributed by atoms with Crippen molar-refractivity contribution in [3.63, 3.8) is 0 Å². The molecule has 1 aromatic heterocycles. The van der Waals surface area contributed by atoms with E-state index in [0.717, 1.165) is 0 Å². The van der Waals surface area contributed by atoms with Gasteiger partial charge in [-0.3, -0.25) is 5.32 Å². The predicted molar refractivity (Wildman–Crippen MR) is 63.8 cm³/mol. The Hall–Kier alpha value is -1.36. The van der Waals surface area contributed by atoms with Gasteiger partial charge in [-0.25, -0.2) is 14.2 Å². The van der Waals surface area contributed by atoms with Crippen LogP contribution in [-0.4, -0.2) is 16.7 Å². The summed E-state index contributed by atoms with van der Waals surface area (Å²) in [6.07, 6.45) is -0.738. The van der Waals surface area contributed by atoms with E-state index in [4.69, 9.17) is 16.3 Å². The SMILES string of the molecule is Cc1cc(NC(=O)OC(C)(C)C)c(F)c(Cl)n1. The number of amides is 1. The summed E-state index contributed by atoms with van der Waals surface area (Å²) in [6.45, 7) is 6.79. The number of pyridine rings is 1. The Bertz CT molecular complexity index is 444. The van der Waals surface area contributed by atoms with Crippen molar-refractivity contribution in [2.24, 2.45) is 0 Å². The molecule has 1 rings (SSSR count). The van der Waals surface area contributed by atoms with E-state index in [2.05, 4.69) is 10.3 Å². The molecule has 6 heteroatoms. The number of anilines is 1. The van der Waals surface area contributed by atoms with Gasteiger partial charge in [0.05, 0.1) is 5.69 Å². The van der Waals surface area contributed by atoms with Gasteiger partial charge < -0.3 is 4.74 Å². The third-order valence-corrected chi connectivity index (χ3v) is 1.93. The molecule has 1 amide bonds. The lowest BCUT2D eigenvalue weighted by molar-refractivity contribution is 0.0635. The van der Waals surface area contributed by atoms with Gasteiger partial charge in [-0.1, -0.05) is 11.6 Å². The Morgan fingerprint density at radius 3 is 2.65 bits per heavy atom. The molecule has 0 saturated heterocycles. The Balaban J connectivity index is 2.85. The predicted octanol–water partition coefficient (Wildman–Crippen LogP) is 3.53. The molecule has 0 saturated carbocycles. The van der Waals surface area contributed by atoms with Gasteiger partial charge in [0.15, 0.2) is 11.0 Å². The summed E-state index contributed by atoms with van der Waals surface area (Å²) in [7, 11) is 0. The van der Waals surface area contributed by atoms with Crippen molar-refractivity contribution in [2.45, 2.75) is 33.3 Å². The van der Waals surface area contributed by atoms with Gasteiger partial charge >= 0.3 is 6.09 Å². The molecule has 0 aliphatic rings. The van der Waals surface area contributed by atoms with Crippen molar-refractivity contribution in [1.82, 2.24) is 4.98 Å². The number of carbonyl (C=O) groups is 1. The molecule has 0 fully saturated rings. The van der Waals surface area contributed by atoms with Crippen molar-refractivity contribution in [3.8, 4) is 0 Å². The van der Waals surface area contributed by atoms with E-state index >= 15 is 0 Å². The largest absolute Gasteiger partial charge is 0.444 e. The molecule has 1 heterocycles. The minimum absolute atomic E-state index is 0.0447. The zero-order valence-electron chi connectivity index (χ0n) is 10.1. The van der Waals surface area contributed by atoms with Gasteiger partial charge in [0.2, 0.25) is 0 Å². The Morgan fingerprint density at radius 2 is 2.12 bits per heavy atom. The standard InChI is InChI=1S/C11H14ClFN2O2/c1-6-5-7(8(13)9(12)14-6)15-10(16)17-11(2,3)4/h5H,1-4H3,(H,14,15,16). The van der Waals surface area contributed by atoms with E-state index in [0.29, 0.717) is 5.69 Å². The normalized spacial score (nSPS) is 11.2. The number of nitrogens with one attached hydrogen (secondary N) is 1. The summed E-state index contributed by atoms with van der Waals surface area (Å²) >= 11 is 5.56. The fourth-order valence-electron chi connectivity index (χ4n) is 1.12. The number of hydrogen-bond donors (Lipinski definition) is 1. The molecular formula is C11H14ClFN2O2. The molecule has 0 unspecified atom stereocenters. The fourth-order valence-corrected chi connectivity index (χ4v) is 1.36. The number of ether oxygens (including phenoxy) is 1. The topological polar surface area (TPSA) is 51.2 Å². The first kappa shape index (κ1) is 13.7. The van der Waals surface area contributed by atoms with E-state index in [9.17, 15) is 9.18 Å². The van der Waals surface area contributed by atoms with Crippen LogP contribution < -0.4 is 5.32 Å². The summed E-state index contributed by atoms with van der Waals surface area (Å²) in [5, 5.41) is 2.01. The second kappa shape index (κ2) is 4.87. The van der Waals surface area contributed by atoms with E-state index in [1.54, 1.807) is 27.7 Å². The minimum atomic E-state index is -0.775. The maximum absolute atomic E-state index is 13.5. The van der Waals surface area contributed by atoms with E-state index in [1.807, 2.05) is 0 Å². The second-order valence-electron chi connectivity index (χ2n) is 4.54. The number of rotatable bonds is 1. The van der Waals surface area contributed by atoms with Crippen LogP contribution in [0.4, 0.5) is 14.9 Å². The number of aromatic nitrogens is 1. The van der Waals surface area contributed by atoms with Crippen LogP contribution in [0.3, 0.4) is 0 Å². The molecule has 0 atom stereocenters. The molecule has 94 valence electrons. The van der Waals surface area contributed by atoms with Crippen LogP contribution in [0, 0.1) is 12.7 Å². The lowest BCUT2D eigenvalue weighted by atomic mass is 10.2. The van der Waals surface area contributed by atoms with Gasteiger partial charge in [-0.05, 0) is 33.8 Å². The highest BCUT2D eigenvalue weighted by atomic mass is 35.5. The average Bonchev–Trinajstić information content (AvgIpc) is 2.10. The monoisotopic (exact) mass is 260 g/mol. The van der Waals surface area contributed by atoms with Crippen LogP contribution in [0.2, 0.25) is 5.15 Å². The van der Waals surface area contributed by atoms with Crippen LogP contribution in [0.15, 0.2) is 6.07 Å². The molecule has 0 spiro atoms. The molecule has 0 aliphatic carbocycles. The summed E-state index contributed by atoms with van der Waals surface area (Å²) < 4.78 is 18.5. The van der Waals surface area contributed by atoms with Crippen molar-refractivity contribution < 1.29 is 13.9 Å². The minimum Gasteiger partial charge on any atom is -0.444 e. The number of hydrogen-bond acceptors (Lipinski definition) is 3. The fraction of sp³-hybridized carbons (Fsp3) is 0.455. The smallest absolute Gasteiger partial charge is 0.412 e. The Kier molecular flexibility index (Phi) is 3.93. The quantitative estimate of drug-likeness (QED) is 0.786. The van der Waals surface area contributed by atoms with Gasteiger partial charge in [0.25, 0.3) is 0 Å². The molecule has 0 bridgehead atoms. The van der Waals surface area contributed by atoms with Gasteiger partial charge in [-0.15, -0.1) is 0 Å². The van der Waals surface area contributed by atoms with Crippen LogP contribution in [0.1, 0.15) is 26.5 Å². The van der Waals surface area contributed by atoms with Crippen LogP contribution >= 0.6 is 11.6 Å². The van der Waals surface area contributed by atoms with E-state index in [-0.39, 0.29) is 10.8 Å². The van der Waals surface area contributed by atoms with Crippen molar-refractivity contribution in [1.29, 1.82) is 0 Å². The molecule has 4 nitrogen and oxygen atoms in total. The average molecular weight is 261 g/mol. The first-order chi connectivity index (χ1) is 7.69. The highest BCUT2D eigenvalue weighted by molar-refractivity contribution is 6.29. The first-order valence-electron chi connectivity index (χ1n) is 5.01. The Morgan fingerprint density at radius 1 is 1.53 bits per heavy atom. The van der Waals surface area contributed by atoms with Gasteiger partial charge in [0, 0.05) is 5.69 Å². The maximum atomic E-state index is 13.5. The van der Waals surface area contributed by atoms with Crippen LogP contribution in [0.25, 0.3) is 0 Å². The van der Waals surface area contributed by atoms with Crippen LogP contribution in [-0.2, 0) is 4.74 Å². The van der Waals surface area contributed by atoms with Crippen molar-refractivity contribution in [2.75, 3.05) is 5.32 Å². The highest BCUT2D eigenvalue weighted by Gasteiger charge is 2.18. The molecule has 17 heavy (non-hydrogen) atoms. The summed E-state index contributed by atoms with van der Waals surface area (Å²) in [4.78, 5) is 15.2. The molecular weight excluding hydrogens is 247 g/mol. The van der Waals surface area contributed by atoms with Crippen molar-refractivity contribution in [3.05, 3.63) is 22.7 Å². The zero-order chi connectivity index (χ0) is 13.2. The number of aryl methyl sites for hydroxylation is 1. The number of carbonyl (C=O) groups excluding carboxylic acids is 1. The second-order valence-corrected chi connectivity index (χ2v) is 4.90. The first-order valence-corrected chi connectivity index (χ1v) is 5.39. The summed E-state index contributed by atoms with van der Waals surface area (Å²) in [5.74, 6) is -0.775. The van der Waals surface area contributed by atoms with Gasteiger partial charge in [0.1, 0.15) is 5.60 Å². The lowest BCUT2D eigenvalue weighted by Crippen LogP contribution is -2.27. The molecule has 1 aromatic rings. The molecule has 0 aliphatic heterocycles. The molecule has 1 N–H and O–H groups in total. The third-order valence-electron chi connectivity index (χ3n) is 1.68. The summed E-state index contributed by atoms with van der Waals surface area (Å²) in [6, 6.07) is 1.38. The highest BCUT2D eigenvalue weighted by Crippen LogP contribution is 2.22. The third kappa shape index (κ3) is 4.19. The number of nitrogens with zero attached hydrogens (tertiary/aromatic N) is 1. The van der Waals surface area contributed by atoms with Crippen LogP contribution in [0.5, 0.6) is 0 Å². The molecule has 0 aromatic carbocycles. The Labute approximate surface area is 104 Å². The van der Waals surface area contributed by atoms with E-state index < -0.39 is 17.5 Å². The van der Waals surface area contributed by atoms with Crippen molar-refractivity contribution >= 4 is 23.4 Å². The zero-order valence-corrected chi connectivity index (χ0v) is 10.9. The van der Waals surface area contributed by atoms with Gasteiger partial charge in [-0.2, -0.15) is 0 Å². The summed E-state index contributed by atoms with van der Waals surface area (Å²) in [5.41, 5.74) is -0.189.